The first kappa shape index (κ1) is 17.3. The van der Waals surface area contributed by atoms with E-state index in [9.17, 15) is 9.90 Å². The lowest BCUT2D eigenvalue weighted by Crippen LogP contribution is -2.42. The zero-order chi connectivity index (χ0) is 18.6. The Balaban J connectivity index is 1.45. The van der Waals surface area contributed by atoms with Crippen molar-refractivity contribution in [3.63, 3.8) is 0 Å². The van der Waals surface area contributed by atoms with Crippen LogP contribution in [-0.2, 0) is 6.54 Å². The second-order valence-corrected chi connectivity index (χ2v) is 6.50. The summed E-state index contributed by atoms with van der Waals surface area (Å²) in [5.41, 5.74) is 8.20. The number of aliphatic hydroxyl groups excluding tert-OH is 1. The van der Waals surface area contributed by atoms with E-state index in [4.69, 9.17) is 0 Å². The molecule has 0 saturated carbocycles. The smallest absolute Gasteiger partial charge is 0.265 e. The van der Waals surface area contributed by atoms with E-state index >= 15 is 0 Å². The maximum atomic E-state index is 12.0. The van der Waals surface area contributed by atoms with E-state index in [1.165, 1.54) is 10.8 Å². The molecule has 1 amide bonds. The minimum Gasteiger partial charge on any atom is -0.390 e. The number of aliphatic hydroxyl groups is 1. The summed E-state index contributed by atoms with van der Waals surface area (Å²) in [5.74, 6) is -0.223. The first-order valence-corrected chi connectivity index (χ1v) is 8.96. The fourth-order valence-corrected chi connectivity index (χ4v) is 3.39. The number of hydrogen-bond acceptors (Lipinski definition) is 3. The minimum absolute atomic E-state index is 0.223. The van der Waals surface area contributed by atoms with Crippen LogP contribution in [-0.4, -0.2) is 28.2 Å². The number of para-hydroxylation sites is 2. The number of amides is 1. The molecule has 0 aliphatic heterocycles. The molecule has 5 nitrogen and oxygen atoms in total. The molecule has 136 valence electrons. The van der Waals surface area contributed by atoms with Gasteiger partial charge in [-0.15, -0.1) is 0 Å². The van der Waals surface area contributed by atoms with Gasteiger partial charge in [0, 0.05) is 33.9 Å². The largest absolute Gasteiger partial charge is 0.390 e. The molecule has 5 heteroatoms. The van der Waals surface area contributed by atoms with Crippen LogP contribution in [0.15, 0.2) is 78.9 Å². The zero-order valence-electron chi connectivity index (χ0n) is 14.8. The van der Waals surface area contributed by atoms with Crippen molar-refractivity contribution in [3.8, 4) is 0 Å². The second kappa shape index (κ2) is 7.61. The molecular formula is C22H21N3O2. The Morgan fingerprint density at radius 3 is 2.04 bits per heavy atom. The number of hydrazine groups is 1. The van der Waals surface area contributed by atoms with Crippen LogP contribution in [0.1, 0.15) is 10.4 Å². The lowest BCUT2D eigenvalue weighted by atomic mass is 10.2. The zero-order valence-corrected chi connectivity index (χ0v) is 14.8. The van der Waals surface area contributed by atoms with Gasteiger partial charge in [0.25, 0.3) is 5.91 Å². The molecule has 0 radical (unpaired) electrons. The number of hydrogen-bond donors (Lipinski definition) is 3. The summed E-state index contributed by atoms with van der Waals surface area (Å²) in [6.07, 6.45) is -0.653. The monoisotopic (exact) mass is 359 g/mol. The summed E-state index contributed by atoms with van der Waals surface area (Å²) in [6, 6.07) is 25.3. The Morgan fingerprint density at radius 2 is 1.41 bits per heavy atom. The fraction of sp³-hybridized carbons (Fsp3) is 0.136. The molecule has 27 heavy (non-hydrogen) atoms. The van der Waals surface area contributed by atoms with Crippen molar-refractivity contribution in [1.82, 2.24) is 15.4 Å². The van der Waals surface area contributed by atoms with E-state index in [1.807, 2.05) is 42.5 Å². The second-order valence-electron chi connectivity index (χ2n) is 6.50. The van der Waals surface area contributed by atoms with Crippen molar-refractivity contribution >= 4 is 27.7 Å². The van der Waals surface area contributed by atoms with Crippen molar-refractivity contribution in [2.45, 2.75) is 12.6 Å². The Bertz CT molecular complexity index is 1020. The number of rotatable bonds is 6. The van der Waals surface area contributed by atoms with Gasteiger partial charge in [0.1, 0.15) is 0 Å². The molecule has 3 aromatic carbocycles. The highest BCUT2D eigenvalue weighted by molar-refractivity contribution is 6.07. The Kier molecular flexibility index (Phi) is 4.87. The third-order valence-electron chi connectivity index (χ3n) is 4.65. The molecule has 4 rings (SSSR count). The van der Waals surface area contributed by atoms with Gasteiger partial charge >= 0.3 is 0 Å². The minimum atomic E-state index is -0.653. The number of benzene rings is 3. The van der Waals surface area contributed by atoms with Gasteiger partial charge in [-0.3, -0.25) is 10.2 Å². The highest BCUT2D eigenvalue weighted by Gasteiger charge is 2.13. The molecule has 1 heterocycles. The maximum Gasteiger partial charge on any atom is 0.265 e. The SMILES string of the molecule is O=C(NNC[C@@H](O)Cn1c2ccccc2c2ccccc21)c1ccccc1. The first-order chi connectivity index (χ1) is 13.2. The van der Waals surface area contributed by atoms with Crippen LogP contribution in [0, 0.1) is 0 Å². The van der Waals surface area contributed by atoms with Gasteiger partial charge < -0.3 is 9.67 Å². The molecule has 3 N–H and O–H groups in total. The first-order valence-electron chi connectivity index (χ1n) is 8.96. The van der Waals surface area contributed by atoms with Gasteiger partial charge in [-0.2, -0.15) is 0 Å². The normalized spacial score (nSPS) is 12.3. The maximum absolute atomic E-state index is 12.0. The molecule has 0 bridgehead atoms. The van der Waals surface area contributed by atoms with Gasteiger partial charge in [-0.1, -0.05) is 54.6 Å². The number of fused-ring (bicyclic) bond motifs is 3. The molecular weight excluding hydrogens is 338 g/mol. The fourth-order valence-electron chi connectivity index (χ4n) is 3.39. The van der Waals surface area contributed by atoms with Crippen LogP contribution >= 0.6 is 0 Å². The third kappa shape index (κ3) is 3.56. The van der Waals surface area contributed by atoms with Crippen LogP contribution in [0.3, 0.4) is 0 Å². The van der Waals surface area contributed by atoms with Gasteiger partial charge in [-0.25, -0.2) is 5.43 Å². The summed E-state index contributed by atoms with van der Waals surface area (Å²) < 4.78 is 2.12. The topological polar surface area (TPSA) is 66.3 Å². The number of carbonyl (C=O) groups excluding carboxylic acids is 1. The van der Waals surface area contributed by atoms with E-state index in [0.717, 1.165) is 11.0 Å². The number of carbonyl (C=O) groups is 1. The molecule has 0 aliphatic rings. The summed E-state index contributed by atoms with van der Waals surface area (Å²) in [7, 11) is 0. The van der Waals surface area contributed by atoms with Gasteiger partial charge in [0.05, 0.1) is 12.6 Å². The molecule has 0 spiro atoms. The lowest BCUT2D eigenvalue weighted by molar-refractivity contribution is 0.0912. The van der Waals surface area contributed by atoms with E-state index in [2.05, 4.69) is 39.7 Å². The van der Waals surface area contributed by atoms with Crippen molar-refractivity contribution in [1.29, 1.82) is 0 Å². The molecule has 1 atom stereocenters. The third-order valence-corrected chi connectivity index (χ3v) is 4.65. The van der Waals surface area contributed by atoms with Crippen molar-refractivity contribution in [2.75, 3.05) is 6.54 Å². The van der Waals surface area contributed by atoms with Crippen LogP contribution < -0.4 is 10.9 Å². The Hall–Kier alpha value is -3.15. The summed E-state index contributed by atoms with van der Waals surface area (Å²) >= 11 is 0. The highest BCUT2D eigenvalue weighted by atomic mass is 16.3. The number of nitrogens with zero attached hydrogens (tertiary/aromatic N) is 1. The van der Waals surface area contributed by atoms with E-state index < -0.39 is 6.10 Å². The summed E-state index contributed by atoms with van der Waals surface area (Å²) in [4.78, 5) is 12.0. The summed E-state index contributed by atoms with van der Waals surface area (Å²) in [5, 5.41) is 12.8. The number of aromatic nitrogens is 1. The van der Waals surface area contributed by atoms with Gasteiger partial charge in [0.15, 0.2) is 0 Å². The van der Waals surface area contributed by atoms with Gasteiger partial charge in [0.2, 0.25) is 0 Å². The van der Waals surface area contributed by atoms with Crippen LogP contribution in [0.4, 0.5) is 0 Å². The summed E-state index contributed by atoms with van der Waals surface area (Å²) in [6.45, 7) is 0.682. The van der Waals surface area contributed by atoms with Crippen LogP contribution in [0.2, 0.25) is 0 Å². The van der Waals surface area contributed by atoms with Crippen LogP contribution in [0.25, 0.3) is 21.8 Å². The van der Waals surface area contributed by atoms with E-state index in [-0.39, 0.29) is 12.5 Å². The average molecular weight is 359 g/mol. The molecule has 0 fully saturated rings. The predicted molar refractivity (Wildman–Crippen MR) is 107 cm³/mol. The van der Waals surface area contributed by atoms with E-state index in [1.54, 1.807) is 12.1 Å². The molecule has 0 aliphatic carbocycles. The molecule has 1 aromatic heterocycles. The quantitative estimate of drug-likeness (QED) is 0.464. The van der Waals surface area contributed by atoms with Crippen molar-refractivity contribution in [3.05, 3.63) is 84.4 Å². The Morgan fingerprint density at radius 1 is 0.852 bits per heavy atom. The van der Waals surface area contributed by atoms with Crippen LogP contribution in [0.5, 0.6) is 0 Å². The van der Waals surface area contributed by atoms with Crippen molar-refractivity contribution < 1.29 is 9.90 Å². The molecule has 0 saturated heterocycles. The van der Waals surface area contributed by atoms with Crippen molar-refractivity contribution in [2.24, 2.45) is 0 Å². The number of nitrogens with one attached hydrogen (secondary N) is 2. The highest BCUT2D eigenvalue weighted by Crippen LogP contribution is 2.28. The molecule has 4 aromatic rings. The standard InChI is InChI=1S/C22H21N3O2/c26-17(14-23-24-22(27)16-8-2-1-3-9-16)15-25-20-12-6-4-10-18(20)19-11-5-7-13-21(19)25/h1-13,17,23,26H,14-15H2,(H,24,27)/t17-/m1/s1. The predicted octanol–water partition coefficient (Wildman–Crippen LogP) is 3.09. The lowest BCUT2D eigenvalue weighted by Gasteiger charge is -2.15. The van der Waals surface area contributed by atoms with Gasteiger partial charge in [-0.05, 0) is 24.3 Å². The average Bonchev–Trinajstić information content (AvgIpc) is 3.03. The van der Waals surface area contributed by atoms with E-state index in [0.29, 0.717) is 12.1 Å². The Labute approximate surface area is 157 Å². The molecule has 0 unspecified atom stereocenters.